The minimum atomic E-state index is -0.645. The van der Waals surface area contributed by atoms with E-state index >= 15 is 0 Å². The van der Waals surface area contributed by atoms with Crippen molar-refractivity contribution >= 4 is 11.8 Å². The SMILES string of the molecule is Cc1cccc(CN2CCN(C(=O)Cn3ccc(=O)[nH]c3=O)C(C)C2=O)c1. The molecule has 1 aliphatic heterocycles. The molecule has 8 nitrogen and oxygen atoms in total. The number of H-pyrrole nitrogens is 1. The largest absolute Gasteiger partial charge is 0.335 e. The number of aryl methyl sites for hydroxylation is 1. The molecule has 1 saturated heterocycles. The second-order valence-electron chi connectivity index (χ2n) is 6.75. The molecular formula is C19H22N4O4. The number of carbonyl (C=O) groups excluding carboxylic acids is 2. The van der Waals surface area contributed by atoms with Crippen molar-refractivity contribution in [3.63, 3.8) is 0 Å². The van der Waals surface area contributed by atoms with Crippen LogP contribution >= 0.6 is 0 Å². The highest BCUT2D eigenvalue weighted by atomic mass is 16.2. The molecule has 0 saturated carbocycles. The maximum absolute atomic E-state index is 12.7. The molecule has 1 aromatic carbocycles. The van der Waals surface area contributed by atoms with Crippen molar-refractivity contribution in [1.29, 1.82) is 0 Å². The van der Waals surface area contributed by atoms with Gasteiger partial charge < -0.3 is 9.80 Å². The van der Waals surface area contributed by atoms with Crippen LogP contribution in [0.15, 0.2) is 46.1 Å². The summed E-state index contributed by atoms with van der Waals surface area (Å²) in [7, 11) is 0. The number of piperazine rings is 1. The van der Waals surface area contributed by atoms with E-state index in [1.807, 2.05) is 31.2 Å². The van der Waals surface area contributed by atoms with Crippen LogP contribution in [0.3, 0.4) is 0 Å². The minimum absolute atomic E-state index is 0.120. The standard InChI is InChI=1S/C19H22N4O4/c1-13-4-3-5-15(10-13)11-21-8-9-23(14(2)18(21)26)17(25)12-22-7-6-16(24)20-19(22)27/h3-7,10,14H,8-9,11-12H2,1-2H3,(H,20,24,27). The number of rotatable bonds is 4. The maximum Gasteiger partial charge on any atom is 0.328 e. The Morgan fingerprint density at radius 1 is 1.19 bits per heavy atom. The van der Waals surface area contributed by atoms with Crippen molar-refractivity contribution in [3.8, 4) is 0 Å². The first-order valence-electron chi connectivity index (χ1n) is 8.79. The summed E-state index contributed by atoms with van der Waals surface area (Å²) < 4.78 is 1.13. The van der Waals surface area contributed by atoms with Gasteiger partial charge >= 0.3 is 5.69 Å². The van der Waals surface area contributed by atoms with Crippen LogP contribution in [0.4, 0.5) is 0 Å². The van der Waals surface area contributed by atoms with Crippen molar-refractivity contribution < 1.29 is 9.59 Å². The average molecular weight is 370 g/mol. The lowest BCUT2D eigenvalue weighted by atomic mass is 10.1. The minimum Gasteiger partial charge on any atom is -0.335 e. The van der Waals surface area contributed by atoms with Gasteiger partial charge in [0.15, 0.2) is 0 Å². The van der Waals surface area contributed by atoms with Crippen molar-refractivity contribution in [3.05, 3.63) is 68.5 Å². The molecule has 1 atom stereocenters. The topological polar surface area (TPSA) is 95.5 Å². The van der Waals surface area contributed by atoms with Crippen LogP contribution in [0, 0.1) is 6.92 Å². The monoisotopic (exact) mass is 370 g/mol. The van der Waals surface area contributed by atoms with E-state index in [-0.39, 0.29) is 18.4 Å². The van der Waals surface area contributed by atoms with Crippen LogP contribution in [0.5, 0.6) is 0 Å². The molecule has 1 fully saturated rings. The van der Waals surface area contributed by atoms with Crippen LogP contribution in [-0.2, 0) is 22.7 Å². The molecule has 1 aromatic heterocycles. The Morgan fingerprint density at radius 3 is 2.67 bits per heavy atom. The Bertz CT molecular complexity index is 978. The molecule has 1 unspecified atom stereocenters. The Balaban J connectivity index is 1.67. The molecule has 27 heavy (non-hydrogen) atoms. The lowest BCUT2D eigenvalue weighted by Crippen LogP contribution is -2.58. The van der Waals surface area contributed by atoms with E-state index in [0.29, 0.717) is 19.6 Å². The van der Waals surface area contributed by atoms with Crippen LogP contribution in [0.2, 0.25) is 0 Å². The predicted octanol–water partition coefficient (Wildman–Crippen LogP) is 0.105. The van der Waals surface area contributed by atoms with E-state index in [4.69, 9.17) is 0 Å². The molecule has 142 valence electrons. The Morgan fingerprint density at radius 2 is 1.96 bits per heavy atom. The second kappa shape index (κ2) is 7.61. The Labute approximate surface area is 156 Å². The quantitative estimate of drug-likeness (QED) is 0.826. The van der Waals surface area contributed by atoms with Crippen molar-refractivity contribution in [2.45, 2.75) is 33.0 Å². The third-order valence-corrected chi connectivity index (χ3v) is 4.73. The molecular weight excluding hydrogens is 348 g/mol. The predicted molar refractivity (Wildman–Crippen MR) is 99.1 cm³/mol. The van der Waals surface area contributed by atoms with Gasteiger partial charge in [0.1, 0.15) is 12.6 Å². The van der Waals surface area contributed by atoms with Crippen molar-refractivity contribution in [1.82, 2.24) is 19.4 Å². The number of nitrogens with zero attached hydrogens (tertiary/aromatic N) is 3. The fraction of sp³-hybridized carbons (Fsp3) is 0.368. The number of aromatic nitrogens is 2. The molecule has 0 radical (unpaired) electrons. The number of carbonyl (C=O) groups is 2. The first kappa shape index (κ1) is 18.6. The summed E-state index contributed by atoms with van der Waals surface area (Å²) in [5.74, 6) is -0.454. The summed E-state index contributed by atoms with van der Waals surface area (Å²) in [6.45, 7) is 4.82. The summed E-state index contributed by atoms with van der Waals surface area (Å²) in [4.78, 5) is 53.5. The average Bonchev–Trinajstić information content (AvgIpc) is 2.61. The molecule has 1 N–H and O–H groups in total. The van der Waals surface area contributed by atoms with Gasteiger partial charge in [0, 0.05) is 31.9 Å². The van der Waals surface area contributed by atoms with Gasteiger partial charge in [-0.25, -0.2) is 4.79 Å². The number of benzene rings is 1. The third kappa shape index (κ3) is 4.16. The highest BCUT2D eigenvalue weighted by Crippen LogP contribution is 2.16. The molecule has 2 heterocycles. The fourth-order valence-corrected chi connectivity index (χ4v) is 3.26. The van der Waals surface area contributed by atoms with Crippen molar-refractivity contribution in [2.75, 3.05) is 13.1 Å². The van der Waals surface area contributed by atoms with E-state index < -0.39 is 17.3 Å². The van der Waals surface area contributed by atoms with Crippen LogP contribution in [0.1, 0.15) is 18.1 Å². The van der Waals surface area contributed by atoms with Crippen LogP contribution < -0.4 is 11.2 Å². The number of amides is 2. The van der Waals surface area contributed by atoms with Crippen molar-refractivity contribution in [2.24, 2.45) is 0 Å². The number of hydrogen-bond donors (Lipinski definition) is 1. The van der Waals surface area contributed by atoms with E-state index in [9.17, 15) is 19.2 Å². The van der Waals surface area contributed by atoms with E-state index in [1.165, 1.54) is 17.2 Å². The maximum atomic E-state index is 12.7. The lowest BCUT2D eigenvalue weighted by Gasteiger charge is -2.39. The first-order valence-corrected chi connectivity index (χ1v) is 8.79. The molecule has 0 bridgehead atoms. The van der Waals surface area contributed by atoms with Gasteiger partial charge in [0.25, 0.3) is 5.56 Å². The Kier molecular flexibility index (Phi) is 5.25. The second-order valence-corrected chi connectivity index (χ2v) is 6.75. The zero-order valence-corrected chi connectivity index (χ0v) is 15.3. The molecule has 8 heteroatoms. The highest BCUT2D eigenvalue weighted by molar-refractivity contribution is 5.88. The number of aromatic amines is 1. The van der Waals surface area contributed by atoms with E-state index in [2.05, 4.69) is 4.98 Å². The van der Waals surface area contributed by atoms with Gasteiger partial charge in [-0.15, -0.1) is 0 Å². The number of hydrogen-bond acceptors (Lipinski definition) is 4. The molecule has 1 aliphatic rings. The van der Waals surface area contributed by atoms with Gasteiger partial charge in [0.2, 0.25) is 11.8 Å². The summed E-state index contributed by atoms with van der Waals surface area (Å²) in [6, 6.07) is 8.56. The van der Waals surface area contributed by atoms with Gasteiger partial charge in [-0.2, -0.15) is 0 Å². The molecule has 2 amide bonds. The van der Waals surface area contributed by atoms with E-state index in [0.717, 1.165) is 15.7 Å². The molecule has 0 spiro atoms. The molecule has 0 aliphatic carbocycles. The summed E-state index contributed by atoms with van der Waals surface area (Å²) in [5, 5.41) is 0. The molecule has 2 aromatic rings. The number of nitrogens with one attached hydrogen (secondary N) is 1. The van der Waals surface area contributed by atoms with Gasteiger partial charge in [-0.3, -0.25) is 23.9 Å². The van der Waals surface area contributed by atoms with Crippen LogP contribution in [0.25, 0.3) is 0 Å². The zero-order chi connectivity index (χ0) is 19.6. The lowest BCUT2D eigenvalue weighted by molar-refractivity contribution is -0.151. The summed E-state index contributed by atoms with van der Waals surface area (Å²) in [5.41, 5.74) is 1.02. The van der Waals surface area contributed by atoms with E-state index in [1.54, 1.807) is 11.8 Å². The smallest absolute Gasteiger partial charge is 0.328 e. The molecule has 3 rings (SSSR count). The third-order valence-electron chi connectivity index (χ3n) is 4.73. The zero-order valence-electron chi connectivity index (χ0n) is 15.3. The highest BCUT2D eigenvalue weighted by Gasteiger charge is 2.34. The summed E-state index contributed by atoms with van der Waals surface area (Å²) >= 11 is 0. The normalized spacial score (nSPS) is 17.3. The van der Waals surface area contributed by atoms with Gasteiger partial charge in [0.05, 0.1) is 0 Å². The van der Waals surface area contributed by atoms with Crippen LogP contribution in [-0.4, -0.2) is 50.3 Å². The first-order chi connectivity index (χ1) is 12.8. The van der Waals surface area contributed by atoms with Gasteiger partial charge in [-0.05, 0) is 19.4 Å². The summed E-state index contributed by atoms with van der Waals surface area (Å²) in [6.07, 6.45) is 1.28. The Hall–Kier alpha value is -3.16. The van der Waals surface area contributed by atoms with Gasteiger partial charge in [-0.1, -0.05) is 29.8 Å². The fourth-order valence-electron chi connectivity index (χ4n) is 3.26.